The van der Waals surface area contributed by atoms with Crippen molar-refractivity contribution in [3.05, 3.63) is 11.6 Å². The minimum absolute atomic E-state index is 0.0481. The first-order chi connectivity index (χ1) is 6.94. The summed E-state index contributed by atoms with van der Waals surface area (Å²) < 4.78 is 25.9. The van der Waals surface area contributed by atoms with E-state index in [-0.39, 0.29) is 18.9 Å². The van der Waals surface area contributed by atoms with Crippen LogP contribution < -0.4 is 5.32 Å². The van der Waals surface area contributed by atoms with E-state index < -0.39 is 5.92 Å². The molecule has 1 aliphatic carbocycles. The summed E-state index contributed by atoms with van der Waals surface area (Å²) in [6.45, 7) is 4.09. The SMILES string of the molecule is CNC(C=C(C)C)C1CCC(F)(F)CC1. The number of rotatable bonds is 3. The molecule has 0 aromatic heterocycles. The van der Waals surface area contributed by atoms with Crippen LogP contribution in [0, 0.1) is 5.92 Å². The molecule has 1 fully saturated rings. The van der Waals surface area contributed by atoms with Crippen LogP contribution in [0.15, 0.2) is 11.6 Å². The van der Waals surface area contributed by atoms with Gasteiger partial charge in [0.2, 0.25) is 5.92 Å². The number of likely N-dealkylation sites (N-methyl/N-ethyl adjacent to an activating group) is 1. The molecule has 0 amide bonds. The molecule has 0 saturated heterocycles. The third-order valence-corrected chi connectivity index (χ3v) is 3.12. The molecule has 88 valence electrons. The van der Waals surface area contributed by atoms with Crippen LogP contribution in [0.25, 0.3) is 0 Å². The standard InChI is InChI=1S/C12H21F2N/c1-9(2)8-11(15-3)10-4-6-12(13,14)7-5-10/h8,10-11,15H,4-7H2,1-3H3. The summed E-state index contributed by atoms with van der Waals surface area (Å²) in [5.74, 6) is -2.05. The van der Waals surface area contributed by atoms with Crippen molar-refractivity contribution in [3.8, 4) is 0 Å². The number of hydrogen-bond acceptors (Lipinski definition) is 1. The van der Waals surface area contributed by atoms with Gasteiger partial charge in [-0.15, -0.1) is 0 Å². The van der Waals surface area contributed by atoms with Crippen molar-refractivity contribution in [1.82, 2.24) is 5.32 Å². The zero-order valence-corrected chi connectivity index (χ0v) is 9.82. The monoisotopic (exact) mass is 217 g/mol. The minimum Gasteiger partial charge on any atom is -0.313 e. The second-order valence-corrected chi connectivity index (χ2v) is 4.75. The van der Waals surface area contributed by atoms with Crippen molar-refractivity contribution >= 4 is 0 Å². The van der Waals surface area contributed by atoms with Crippen molar-refractivity contribution in [2.45, 2.75) is 51.5 Å². The van der Waals surface area contributed by atoms with E-state index in [9.17, 15) is 8.78 Å². The molecule has 1 nitrogen and oxygen atoms in total. The zero-order chi connectivity index (χ0) is 11.5. The van der Waals surface area contributed by atoms with Gasteiger partial charge in [-0.1, -0.05) is 11.6 Å². The van der Waals surface area contributed by atoms with Gasteiger partial charge in [0.15, 0.2) is 0 Å². The lowest BCUT2D eigenvalue weighted by Crippen LogP contribution is -2.37. The lowest BCUT2D eigenvalue weighted by molar-refractivity contribution is -0.0476. The maximum absolute atomic E-state index is 13.0. The van der Waals surface area contributed by atoms with Crippen LogP contribution in [0.1, 0.15) is 39.5 Å². The Morgan fingerprint density at radius 3 is 2.27 bits per heavy atom. The van der Waals surface area contributed by atoms with E-state index in [1.807, 2.05) is 20.9 Å². The molecule has 0 radical (unpaired) electrons. The molecule has 1 aliphatic rings. The Bertz CT molecular complexity index is 222. The molecule has 1 unspecified atom stereocenters. The van der Waals surface area contributed by atoms with Gasteiger partial charge in [-0.25, -0.2) is 8.78 Å². The molecule has 1 N–H and O–H groups in total. The second-order valence-electron chi connectivity index (χ2n) is 4.75. The number of hydrogen-bond donors (Lipinski definition) is 1. The fraction of sp³-hybridized carbons (Fsp3) is 0.833. The fourth-order valence-corrected chi connectivity index (χ4v) is 2.24. The van der Waals surface area contributed by atoms with Gasteiger partial charge in [-0.2, -0.15) is 0 Å². The molecule has 0 aromatic carbocycles. The van der Waals surface area contributed by atoms with Gasteiger partial charge in [0.1, 0.15) is 0 Å². The van der Waals surface area contributed by atoms with E-state index in [1.54, 1.807) is 0 Å². The fourth-order valence-electron chi connectivity index (χ4n) is 2.24. The molecule has 0 heterocycles. The van der Waals surface area contributed by atoms with E-state index in [0.717, 1.165) is 0 Å². The van der Waals surface area contributed by atoms with Gasteiger partial charge in [0, 0.05) is 18.9 Å². The van der Waals surface area contributed by atoms with Gasteiger partial charge >= 0.3 is 0 Å². The summed E-state index contributed by atoms with van der Waals surface area (Å²) in [7, 11) is 1.90. The molecule has 0 bridgehead atoms. The Labute approximate surface area is 90.9 Å². The molecule has 15 heavy (non-hydrogen) atoms. The van der Waals surface area contributed by atoms with Crippen LogP contribution in [-0.2, 0) is 0 Å². The Kier molecular flexibility index (Phi) is 4.26. The van der Waals surface area contributed by atoms with Crippen LogP contribution in [0.2, 0.25) is 0 Å². The summed E-state index contributed by atoms with van der Waals surface area (Å²) in [5, 5.41) is 3.21. The van der Waals surface area contributed by atoms with Crippen molar-refractivity contribution in [2.24, 2.45) is 5.92 Å². The summed E-state index contributed by atoms with van der Waals surface area (Å²) >= 11 is 0. The molecule has 3 heteroatoms. The maximum Gasteiger partial charge on any atom is 0.248 e. The highest BCUT2D eigenvalue weighted by atomic mass is 19.3. The lowest BCUT2D eigenvalue weighted by Gasteiger charge is -2.32. The molecular formula is C12H21F2N. The number of nitrogens with one attached hydrogen (secondary N) is 1. The number of halogens is 2. The molecule has 1 rings (SSSR count). The highest BCUT2D eigenvalue weighted by Crippen LogP contribution is 2.37. The Balaban J connectivity index is 2.54. The molecule has 0 aliphatic heterocycles. The topological polar surface area (TPSA) is 12.0 Å². The highest BCUT2D eigenvalue weighted by Gasteiger charge is 2.36. The van der Waals surface area contributed by atoms with Gasteiger partial charge in [0.05, 0.1) is 0 Å². The highest BCUT2D eigenvalue weighted by molar-refractivity contribution is 5.04. The predicted octanol–water partition coefficient (Wildman–Crippen LogP) is 3.37. The van der Waals surface area contributed by atoms with Crippen LogP contribution >= 0.6 is 0 Å². The van der Waals surface area contributed by atoms with Crippen molar-refractivity contribution < 1.29 is 8.78 Å². The Hall–Kier alpha value is -0.440. The molecular weight excluding hydrogens is 196 g/mol. The third kappa shape index (κ3) is 3.90. The van der Waals surface area contributed by atoms with Crippen LogP contribution in [0.5, 0.6) is 0 Å². The van der Waals surface area contributed by atoms with E-state index in [2.05, 4.69) is 11.4 Å². The van der Waals surface area contributed by atoms with Crippen LogP contribution in [-0.4, -0.2) is 19.0 Å². The number of alkyl halides is 2. The number of allylic oxidation sites excluding steroid dienone is 1. The first kappa shape index (κ1) is 12.6. The van der Waals surface area contributed by atoms with Gasteiger partial charge < -0.3 is 5.32 Å². The maximum atomic E-state index is 13.0. The minimum atomic E-state index is -2.42. The lowest BCUT2D eigenvalue weighted by atomic mass is 9.81. The van der Waals surface area contributed by atoms with Crippen molar-refractivity contribution in [1.29, 1.82) is 0 Å². The molecule has 1 atom stereocenters. The van der Waals surface area contributed by atoms with Crippen molar-refractivity contribution in [3.63, 3.8) is 0 Å². The third-order valence-electron chi connectivity index (χ3n) is 3.12. The first-order valence-corrected chi connectivity index (χ1v) is 5.65. The summed E-state index contributed by atoms with van der Waals surface area (Å²) in [5.41, 5.74) is 1.24. The van der Waals surface area contributed by atoms with E-state index >= 15 is 0 Å². The Morgan fingerprint density at radius 2 is 1.87 bits per heavy atom. The van der Waals surface area contributed by atoms with Crippen molar-refractivity contribution in [2.75, 3.05) is 7.05 Å². The second kappa shape index (κ2) is 5.06. The quantitative estimate of drug-likeness (QED) is 0.715. The van der Waals surface area contributed by atoms with E-state index in [1.165, 1.54) is 5.57 Å². The largest absolute Gasteiger partial charge is 0.313 e. The first-order valence-electron chi connectivity index (χ1n) is 5.65. The van der Waals surface area contributed by atoms with Crippen LogP contribution in [0.3, 0.4) is 0 Å². The van der Waals surface area contributed by atoms with Gasteiger partial charge in [0.25, 0.3) is 0 Å². The Morgan fingerprint density at radius 1 is 1.33 bits per heavy atom. The van der Waals surface area contributed by atoms with Gasteiger partial charge in [-0.3, -0.25) is 0 Å². The van der Waals surface area contributed by atoms with E-state index in [0.29, 0.717) is 18.8 Å². The summed E-state index contributed by atoms with van der Waals surface area (Å²) in [6, 6.07) is 0.256. The average molecular weight is 217 g/mol. The van der Waals surface area contributed by atoms with E-state index in [4.69, 9.17) is 0 Å². The summed E-state index contributed by atoms with van der Waals surface area (Å²) in [6.07, 6.45) is 3.50. The van der Waals surface area contributed by atoms with Crippen LogP contribution in [0.4, 0.5) is 8.78 Å². The normalized spacial score (nSPS) is 23.5. The molecule has 0 spiro atoms. The molecule has 1 saturated carbocycles. The smallest absolute Gasteiger partial charge is 0.248 e. The molecule has 0 aromatic rings. The summed E-state index contributed by atoms with van der Waals surface area (Å²) in [4.78, 5) is 0. The predicted molar refractivity (Wildman–Crippen MR) is 59.2 cm³/mol. The average Bonchev–Trinajstić information content (AvgIpc) is 2.14. The zero-order valence-electron chi connectivity index (χ0n) is 9.82. The van der Waals surface area contributed by atoms with Gasteiger partial charge in [-0.05, 0) is 39.7 Å².